The van der Waals surface area contributed by atoms with Crippen molar-refractivity contribution in [3.05, 3.63) is 138 Å². The average Bonchev–Trinajstić information content (AvgIpc) is 3.26. The second-order valence-corrected chi connectivity index (χ2v) is 10.3. The average molecular weight is 490 g/mol. The lowest BCUT2D eigenvalue weighted by Gasteiger charge is -2.35. The molecule has 2 atom stereocenters. The Labute approximate surface area is 222 Å². The highest BCUT2D eigenvalue weighted by molar-refractivity contribution is 5.93. The Hall–Kier alpha value is -4.63. The van der Waals surface area contributed by atoms with Gasteiger partial charge in [-0.05, 0) is 42.2 Å². The third-order valence-corrected chi connectivity index (χ3v) is 8.26. The van der Waals surface area contributed by atoms with E-state index in [1.807, 2.05) is 6.20 Å². The molecular weight excluding hydrogens is 462 g/mol. The maximum Gasteiger partial charge on any atom is 0.135 e. The Morgan fingerprint density at radius 2 is 1.61 bits per heavy atom. The topological polar surface area (TPSA) is 21.1 Å². The van der Waals surface area contributed by atoms with E-state index in [1.165, 1.54) is 44.5 Å². The number of pyridine rings is 1. The van der Waals surface area contributed by atoms with Crippen molar-refractivity contribution in [2.45, 2.75) is 24.8 Å². The standard InChI is InChI=1S/C35H27N3/c1-2-12-26-25(11-1)27-13-3-9-19-33(27)38(34-20-10-4-14-28(26)34)35-23-24(21-22-36-35)37-31-17-7-5-15-29(31)30-16-6-8-18-32(30)37/h1-7,9-17,19-23,27,33H,8,18H2. The summed E-state index contributed by atoms with van der Waals surface area (Å²) in [6.07, 6.45) is 17.7. The largest absolute Gasteiger partial charge is 0.318 e. The molecule has 0 spiro atoms. The quantitative estimate of drug-likeness (QED) is 0.248. The van der Waals surface area contributed by atoms with Crippen LogP contribution in [0.4, 0.5) is 11.5 Å². The molecule has 2 aliphatic carbocycles. The van der Waals surface area contributed by atoms with E-state index in [1.54, 1.807) is 0 Å². The highest BCUT2D eigenvalue weighted by Gasteiger charge is 2.35. The summed E-state index contributed by atoms with van der Waals surface area (Å²) >= 11 is 0. The Balaban J connectivity index is 1.36. The minimum Gasteiger partial charge on any atom is -0.318 e. The lowest BCUT2D eigenvalue weighted by molar-refractivity contribution is 0.691. The van der Waals surface area contributed by atoms with Gasteiger partial charge in [0.15, 0.2) is 0 Å². The molecule has 3 aromatic carbocycles. The number of nitrogens with zero attached hydrogens (tertiary/aromatic N) is 3. The van der Waals surface area contributed by atoms with E-state index in [0.717, 1.165) is 24.3 Å². The molecule has 5 aromatic rings. The lowest BCUT2D eigenvalue weighted by Crippen LogP contribution is -2.35. The second-order valence-electron chi connectivity index (χ2n) is 10.3. The minimum absolute atomic E-state index is 0.130. The number of para-hydroxylation sites is 2. The van der Waals surface area contributed by atoms with E-state index in [0.29, 0.717) is 0 Å². The Kier molecular flexibility index (Phi) is 4.78. The maximum atomic E-state index is 5.00. The Morgan fingerprint density at radius 1 is 0.789 bits per heavy atom. The number of aromatic nitrogens is 2. The smallest absolute Gasteiger partial charge is 0.135 e. The number of benzene rings is 3. The van der Waals surface area contributed by atoms with Gasteiger partial charge in [-0.1, -0.05) is 97.1 Å². The monoisotopic (exact) mass is 489 g/mol. The van der Waals surface area contributed by atoms with Crippen molar-refractivity contribution in [3.63, 3.8) is 0 Å². The van der Waals surface area contributed by atoms with Crippen molar-refractivity contribution in [2.75, 3.05) is 4.90 Å². The summed E-state index contributed by atoms with van der Waals surface area (Å²) in [5.41, 5.74) is 10.3. The van der Waals surface area contributed by atoms with Crippen molar-refractivity contribution in [1.29, 1.82) is 0 Å². The molecule has 8 rings (SSSR count). The van der Waals surface area contributed by atoms with Crippen molar-refractivity contribution in [2.24, 2.45) is 0 Å². The molecule has 0 saturated heterocycles. The van der Waals surface area contributed by atoms with Crippen LogP contribution in [0.2, 0.25) is 0 Å². The molecule has 0 saturated carbocycles. The van der Waals surface area contributed by atoms with Crippen LogP contribution in [0, 0.1) is 0 Å². The number of rotatable bonds is 2. The van der Waals surface area contributed by atoms with Gasteiger partial charge in [-0.25, -0.2) is 4.98 Å². The van der Waals surface area contributed by atoms with E-state index in [2.05, 4.69) is 131 Å². The molecule has 3 heteroatoms. The van der Waals surface area contributed by atoms with Gasteiger partial charge in [0.25, 0.3) is 0 Å². The SMILES string of the molecule is C1=CC2c3ccccc3-c3ccccc3N(c3cc(-n4c5c(c6ccccc64)C=CCC5)ccn3)C2C=C1. The molecule has 3 heterocycles. The molecule has 3 nitrogen and oxygen atoms in total. The Morgan fingerprint density at radius 3 is 2.58 bits per heavy atom. The molecule has 0 radical (unpaired) electrons. The van der Waals surface area contributed by atoms with Crippen LogP contribution in [-0.4, -0.2) is 15.6 Å². The van der Waals surface area contributed by atoms with E-state index in [4.69, 9.17) is 4.98 Å². The van der Waals surface area contributed by atoms with Crippen LogP contribution < -0.4 is 4.90 Å². The van der Waals surface area contributed by atoms with Crippen LogP contribution in [0.1, 0.15) is 29.2 Å². The van der Waals surface area contributed by atoms with Gasteiger partial charge < -0.3 is 9.47 Å². The highest BCUT2D eigenvalue weighted by Crippen LogP contribution is 2.47. The maximum absolute atomic E-state index is 5.00. The van der Waals surface area contributed by atoms with Crippen LogP contribution in [0.3, 0.4) is 0 Å². The summed E-state index contributed by atoms with van der Waals surface area (Å²) in [4.78, 5) is 7.45. The molecule has 182 valence electrons. The fourth-order valence-electron chi connectivity index (χ4n) is 6.66. The molecule has 3 aliphatic rings. The minimum atomic E-state index is 0.130. The van der Waals surface area contributed by atoms with Gasteiger partial charge in [0.2, 0.25) is 0 Å². The molecule has 0 fully saturated rings. The molecule has 2 aromatic heterocycles. The molecule has 38 heavy (non-hydrogen) atoms. The summed E-state index contributed by atoms with van der Waals surface area (Å²) in [6.45, 7) is 0. The lowest BCUT2D eigenvalue weighted by atomic mass is 9.85. The molecule has 2 unspecified atom stereocenters. The van der Waals surface area contributed by atoms with E-state index >= 15 is 0 Å². The van der Waals surface area contributed by atoms with Crippen molar-refractivity contribution < 1.29 is 0 Å². The van der Waals surface area contributed by atoms with E-state index in [-0.39, 0.29) is 12.0 Å². The molecule has 0 N–H and O–H groups in total. The third-order valence-electron chi connectivity index (χ3n) is 8.26. The number of fused-ring (bicyclic) bond motifs is 8. The summed E-state index contributed by atoms with van der Waals surface area (Å²) in [5.74, 6) is 1.20. The zero-order valence-electron chi connectivity index (χ0n) is 21.0. The van der Waals surface area contributed by atoms with E-state index in [9.17, 15) is 0 Å². The van der Waals surface area contributed by atoms with Gasteiger partial charge in [-0.15, -0.1) is 0 Å². The molecule has 0 bridgehead atoms. The number of allylic oxidation sites excluding steroid dienone is 3. The van der Waals surface area contributed by atoms with Gasteiger partial charge >= 0.3 is 0 Å². The normalized spacial score (nSPS) is 19.0. The predicted molar refractivity (Wildman–Crippen MR) is 157 cm³/mol. The summed E-state index contributed by atoms with van der Waals surface area (Å²) < 4.78 is 2.45. The van der Waals surface area contributed by atoms with Gasteiger partial charge in [0, 0.05) is 40.4 Å². The number of hydrogen-bond donors (Lipinski definition) is 0. The molecule has 1 aliphatic heterocycles. The predicted octanol–water partition coefficient (Wildman–Crippen LogP) is 8.38. The zero-order chi connectivity index (χ0) is 25.1. The van der Waals surface area contributed by atoms with Crippen molar-refractivity contribution >= 4 is 28.5 Å². The second kappa shape index (κ2) is 8.46. The number of anilines is 2. The first-order valence-electron chi connectivity index (χ1n) is 13.5. The van der Waals surface area contributed by atoms with Crippen molar-refractivity contribution in [3.8, 4) is 16.8 Å². The fraction of sp³-hybridized carbons (Fsp3) is 0.114. The summed E-state index contributed by atoms with van der Waals surface area (Å²) in [7, 11) is 0. The zero-order valence-corrected chi connectivity index (χ0v) is 21.0. The van der Waals surface area contributed by atoms with Crippen LogP contribution >= 0.6 is 0 Å². The molecular formula is C35H27N3. The fourth-order valence-corrected chi connectivity index (χ4v) is 6.66. The van der Waals surface area contributed by atoms with Crippen LogP contribution in [0.25, 0.3) is 33.8 Å². The van der Waals surface area contributed by atoms with Gasteiger partial charge in [0.05, 0.1) is 22.9 Å². The molecule has 0 amide bonds. The Bertz CT molecular complexity index is 1800. The first kappa shape index (κ1) is 21.5. The summed E-state index contributed by atoms with van der Waals surface area (Å²) in [5, 5.41) is 1.31. The van der Waals surface area contributed by atoms with Crippen LogP contribution in [0.5, 0.6) is 0 Å². The van der Waals surface area contributed by atoms with Crippen molar-refractivity contribution in [1.82, 2.24) is 9.55 Å². The van der Waals surface area contributed by atoms with Gasteiger partial charge in [-0.2, -0.15) is 0 Å². The first-order valence-corrected chi connectivity index (χ1v) is 13.5. The van der Waals surface area contributed by atoms with Crippen LogP contribution in [0.15, 0.2) is 122 Å². The van der Waals surface area contributed by atoms with Crippen LogP contribution in [-0.2, 0) is 6.42 Å². The third kappa shape index (κ3) is 3.12. The first-order chi connectivity index (χ1) is 18.9. The highest BCUT2D eigenvalue weighted by atomic mass is 15.2. The summed E-state index contributed by atoms with van der Waals surface area (Å²) in [6, 6.07) is 31.0. The van der Waals surface area contributed by atoms with Gasteiger partial charge in [-0.3, -0.25) is 0 Å². The van der Waals surface area contributed by atoms with Gasteiger partial charge in [0.1, 0.15) is 5.82 Å². The number of hydrogen-bond acceptors (Lipinski definition) is 2. The van der Waals surface area contributed by atoms with E-state index < -0.39 is 0 Å².